The van der Waals surface area contributed by atoms with Gasteiger partial charge in [-0.2, -0.15) is 0 Å². The monoisotopic (exact) mass is 365 g/mol. The minimum Gasteiger partial charge on any atom is -0.344 e. The Hall–Kier alpha value is -2.12. The molecule has 0 bridgehead atoms. The number of rotatable bonds is 8. The van der Waals surface area contributed by atoms with Gasteiger partial charge in [0.2, 0.25) is 5.72 Å². The van der Waals surface area contributed by atoms with Crippen molar-refractivity contribution in [1.29, 1.82) is 0 Å². The van der Waals surface area contributed by atoms with Crippen LogP contribution in [0.15, 0.2) is 35.9 Å². The number of benzene rings is 1. The minimum absolute atomic E-state index is 0.593. The average Bonchev–Trinajstić information content (AvgIpc) is 3.15. The molecule has 1 atom stereocenters. The van der Waals surface area contributed by atoms with Crippen molar-refractivity contribution >= 4 is 11.0 Å². The molecule has 0 radical (unpaired) electrons. The van der Waals surface area contributed by atoms with Gasteiger partial charge >= 0.3 is 0 Å². The fraction of sp³-hybridized carbons (Fsp3) is 0.565. The fourth-order valence-electron chi connectivity index (χ4n) is 3.69. The standard InChI is InChI=1S/C23H31N3O/c1-3-5-6-12-18-23(27-4-2,19-17-20-13-8-7-9-14-20)26-22-16-11-10-15-21(22)24-25-26/h10-11,13,15-16H,3-9,12,14,18H2,1-2H3. The van der Waals surface area contributed by atoms with Crippen molar-refractivity contribution in [2.45, 2.75) is 77.4 Å². The Labute approximate surface area is 163 Å². The first-order valence-corrected chi connectivity index (χ1v) is 10.5. The normalized spacial score (nSPS) is 16.4. The molecule has 2 aromatic rings. The highest BCUT2D eigenvalue weighted by molar-refractivity contribution is 5.74. The van der Waals surface area contributed by atoms with E-state index in [1.54, 1.807) is 0 Å². The number of unbranched alkanes of at least 4 members (excludes halogenated alkanes) is 3. The molecule has 3 rings (SSSR count). The maximum Gasteiger partial charge on any atom is 0.226 e. The van der Waals surface area contributed by atoms with Gasteiger partial charge in [-0.1, -0.05) is 55.5 Å². The molecule has 1 unspecified atom stereocenters. The average molecular weight is 366 g/mol. The lowest BCUT2D eigenvalue weighted by atomic mass is 9.98. The predicted octanol–water partition coefficient (Wildman–Crippen LogP) is 5.59. The van der Waals surface area contributed by atoms with E-state index in [2.05, 4.69) is 41.2 Å². The van der Waals surface area contributed by atoms with Gasteiger partial charge in [-0.3, -0.25) is 0 Å². The minimum atomic E-state index is -0.753. The smallest absolute Gasteiger partial charge is 0.226 e. The van der Waals surface area contributed by atoms with E-state index in [9.17, 15) is 0 Å². The van der Waals surface area contributed by atoms with E-state index in [1.807, 2.05) is 29.8 Å². The highest BCUT2D eigenvalue weighted by Crippen LogP contribution is 2.29. The summed E-state index contributed by atoms with van der Waals surface area (Å²) in [7, 11) is 0. The van der Waals surface area contributed by atoms with Crippen molar-refractivity contribution in [3.63, 3.8) is 0 Å². The number of para-hydroxylation sites is 1. The molecule has 1 aliphatic rings. The fourth-order valence-corrected chi connectivity index (χ4v) is 3.69. The van der Waals surface area contributed by atoms with E-state index in [1.165, 1.54) is 37.7 Å². The van der Waals surface area contributed by atoms with E-state index in [0.717, 1.165) is 36.7 Å². The van der Waals surface area contributed by atoms with Crippen LogP contribution in [-0.4, -0.2) is 21.6 Å². The van der Waals surface area contributed by atoms with Crippen LogP contribution in [0.25, 0.3) is 11.0 Å². The van der Waals surface area contributed by atoms with Crippen LogP contribution in [0.3, 0.4) is 0 Å². The van der Waals surface area contributed by atoms with Crippen LogP contribution in [0.4, 0.5) is 0 Å². The third-order valence-electron chi connectivity index (χ3n) is 5.16. The van der Waals surface area contributed by atoms with Crippen molar-refractivity contribution in [3.8, 4) is 11.8 Å². The van der Waals surface area contributed by atoms with E-state index in [4.69, 9.17) is 4.74 Å². The van der Waals surface area contributed by atoms with Crippen molar-refractivity contribution in [3.05, 3.63) is 35.9 Å². The molecule has 27 heavy (non-hydrogen) atoms. The quantitative estimate of drug-likeness (QED) is 0.452. The van der Waals surface area contributed by atoms with Crippen LogP contribution in [0, 0.1) is 11.8 Å². The summed E-state index contributed by atoms with van der Waals surface area (Å²) >= 11 is 0. The molecule has 4 nitrogen and oxygen atoms in total. The van der Waals surface area contributed by atoms with Gasteiger partial charge in [-0.25, -0.2) is 4.68 Å². The van der Waals surface area contributed by atoms with E-state index in [-0.39, 0.29) is 0 Å². The zero-order valence-corrected chi connectivity index (χ0v) is 16.7. The molecule has 1 aromatic carbocycles. The molecule has 0 amide bonds. The Morgan fingerprint density at radius 1 is 1.15 bits per heavy atom. The largest absolute Gasteiger partial charge is 0.344 e. The molecule has 0 saturated heterocycles. The van der Waals surface area contributed by atoms with E-state index in [0.29, 0.717) is 6.61 Å². The molecule has 4 heteroatoms. The Balaban J connectivity index is 2.00. The topological polar surface area (TPSA) is 39.9 Å². The summed E-state index contributed by atoms with van der Waals surface area (Å²) in [4.78, 5) is 0. The molecule has 0 aliphatic heterocycles. The first-order valence-electron chi connectivity index (χ1n) is 10.5. The number of ether oxygens (including phenoxy) is 1. The summed E-state index contributed by atoms with van der Waals surface area (Å²) < 4.78 is 8.22. The Bertz CT molecular complexity index is 827. The molecule has 1 aliphatic carbocycles. The lowest BCUT2D eigenvalue weighted by molar-refractivity contribution is -0.0679. The number of fused-ring (bicyclic) bond motifs is 1. The molecular weight excluding hydrogens is 334 g/mol. The van der Waals surface area contributed by atoms with Crippen molar-refractivity contribution < 1.29 is 4.74 Å². The van der Waals surface area contributed by atoms with Crippen molar-refractivity contribution in [2.75, 3.05) is 6.61 Å². The number of allylic oxidation sites excluding steroid dienone is 2. The zero-order valence-electron chi connectivity index (χ0n) is 16.7. The summed E-state index contributed by atoms with van der Waals surface area (Å²) in [6, 6.07) is 8.05. The summed E-state index contributed by atoms with van der Waals surface area (Å²) in [5, 5.41) is 8.83. The van der Waals surface area contributed by atoms with Gasteiger partial charge in [-0.15, -0.1) is 5.10 Å². The molecule has 1 heterocycles. The second-order valence-corrected chi connectivity index (χ2v) is 7.24. The van der Waals surface area contributed by atoms with Crippen LogP contribution in [-0.2, 0) is 10.5 Å². The summed E-state index contributed by atoms with van der Waals surface area (Å²) in [6.07, 6.45) is 12.5. The van der Waals surface area contributed by atoms with Crippen molar-refractivity contribution in [1.82, 2.24) is 15.0 Å². The summed E-state index contributed by atoms with van der Waals surface area (Å²) in [5.74, 6) is 6.93. The van der Waals surface area contributed by atoms with Gasteiger partial charge in [0.1, 0.15) is 5.52 Å². The molecular formula is C23H31N3O. The third kappa shape index (κ3) is 4.78. The zero-order chi connectivity index (χ0) is 19.0. The molecule has 144 valence electrons. The molecule has 1 aromatic heterocycles. The van der Waals surface area contributed by atoms with Gasteiger partial charge in [-0.05, 0) is 62.7 Å². The van der Waals surface area contributed by atoms with Crippen molar-refractivity contribution in [2.24, 2.45) is 0 Å². The SMILES string of the molecule is CCCCCCC(C#CC1=CCCCC1)(OCC)n1nnc2ccccc21. The van der Waals surface area contributed by atoms with Crippen LogP contribution in [0.2, 0.25) is 0 Å². The lowest BCUT2D eigenvalue weighted by Crippen LogP contribution is -2.36. The van der Waals surface area contributed by atoms with Crippen LogP contribution >= 0.6 is 0 Å². The maximum absolute atomic E-state index is 6.31. The second kappa shape index (κ2) is 9.71. The van der Waals surface area contributed by atoms with Gasteiger partial charge in [0.15, 0.2) is 0 Å². The number of aromatic nitrogens is 3. The molecule has 0 N–H and O–H groups in total. The lowest BCUT2D eigenvalue weighted by Gasteiger charge is -2.29. The second-order valence-electron chi connectivity index (χ2n) is 7.24. The Morgan fingerprint density at radius 3 is 2.81 bits per heavy atom. The summed E-state index contributed by atoms with van der Waals surface area (Å²) in [6.45, 7) is 4.85. The van der Waals surface area contributed by atoms with E-state index >= 15 is 0 Å². The Kier molecular flexibility index (Phi) is 7.06. The highest BCUT2D eigenvalue weighted by atomic mass is 16.5. The first kappa shape index (κ1) is 19.6. The van der Waals surface area contributed by atoms with Gasteiger partial charge in [0.25, 0.3) is 0 Å². The molecule has 0 spiro atoms. The van der Waals surface area contributed by atoms with Gasteiger partial charge in [0, 0.05) is 13.0 Å². The Morgan fingerprint density at radius 2 is 2.04 bits per heavy atom. The van der Waals surface area contributed by atoms with E-state index < -0.39 is 5.72 Å². The summed E-state index contributed by atoms with van der Waals surface area (Å²) in [5.41, 5.74) is 2.35. The van der Waals surface area contributed by atoms with Crippen LogP contribution < -0.4 is 0 Å². The highest BCUT2D eigenvalue weighted by Gasteiger charge is 2.33. The molecule has 0 fully saturated rings. The number of hydrogen-bond donors (Lipinski definition) is 0. The van der Waals surface area contributed by atoms with Gasteiger partial charge in [0.05, 0.1) is 5.52 Å². The number of nitrogens with zero attached hydrogens (tertiary/aromatic N) is 3. The van der Waals surface area contributed by atoms with Crippen LogP contribution in [0.1, 0.15) is 71.6 Å². The number of hydrogen-bond acceptors (Lipinski definition) is 3. The van der Waals surface area contributed by atoms with Gasteiger partial charge < -0.3 is 4.74 Å². The van der Waals surface area contributed by atoms with Crippen LogP contribution in [0.5, 0.6) is 0 Å². The third-order valence-corrected chi connectivity index (χ3v) is 5.16. The maximum atomic E-state index is 6.31. The molecule has 0 saturated carbocycles. The predicted molar refractivity (Wildman–Crippen MR) is 110 cm³/mol. The first-order chi connectivity index (χ1) is 13.3.